The molecule has 29 nitrogen and oxygen atoms in total. The number of rotatable bonds is 44. The molecule has 0 aliphatic carbocycles. The summed E-state index contributed by atoms with van der Waals surface area (Å²) in [6.07, 6.45) is 3.74. The van der Waals surface area contributed by atoms with Crippen molar-refractivity contribution in [3.63, 3.8) is 0 Å². The maximum Gasteiger partial charge on any atom is 0.251 e. The standard InChI is InChI=1S/C54H81N11O18S3/c55-84(75,76)43-17-11-40(12-18-43)51(72)62-30-6-27-59-47(68)23-34-81-37-54(65-50(71)10-5-9-46(67)58-26-3-1-2-4-33-66,38-82-35-24-48(69)60-28-7-31-63-52(73)41-13-19-44(20-14-41)85(56,77)78)39-83-36-25-49(70)61-29-8-32-64-53(74)42-15-21-45(22-16-42)86(57,79)80/h11-22,66H,1-10,23-39H2,(H,58,67)(H,59,68)(H,60,69)(H,61,70)(H,62,72)(H,63,73)(H,64,74)(H,65,71)(H2,55,75,76)(H2,56,77,78)(H2,57,79,80). The smallest absolute Gasteiger partial charge is 0.251 e. The minimum atomic E-state index is -3.94. The van der Waals surface area contributed by atoms with Crippen LogP contribution in [0.25, 0.3) is 0 Å². The van der Waals surface area contributed by atoms with Crippen LogP contribution in [0, 0.1) is 0 Å². The number of ether oxygens (including phenoxy) is 3. The lowest BCUT2D eigenvalue weighted by Crippen LogP contribution is -2.58. The van der Waals surface area contributed by atoms with Crippen molar-refractivity contribution in [2.45, 2.75) is 104 Å². The summed E-state index contributed by atoms with van der Waals surface area (Å²) < 4.78 is 87.1. The van der Waals surface area contributed by atoms with Crippen LogP contribution < -0.4 is 58.0 Å². The third-order valence-electron chi connectivity index (χ3n) is 12.4. The number of aliphatic hydroxyl groups excluding tert-OH is 1. The fourth-order valence-electron chi connectivity index (χ4n) is 7.72. The first-order chi connectivity index (χ1) is 40.8. The molecule has 0 aliphatic heterocycles. The maximum atomic E-state index is 13.7. The van der Waals surface area contributed by atoms with Gasteiger partial charge in [-0.05, 0) is 111 Å². The van der Waals surface area contributed by atoms with Gasteiger partial charge in [0, 0.05) is 101 Å². The second-order valence-corrected chi connectivity index (χ2v) is 24.3. The lowest BCUT2D eigenvalue weighted by Gasteiger charge is -2.34. The van der Waals surface area contributed by atoms with Crippen LogP contribution in [-0.4, -0.2) is 175 Å². The van der Waals surface area contributed by atoms with Crippen LogP contribution in [0.3, 0.4) is 0 Å². The zero-order valence-electron chi connectivity index (χ0n) is 47.9. The van der Waals surface area contributed by atoms with Gasteiger partial charge in [-0.2, -0.15) is 0 Å². The van der Waals surface area contributed by atoms with E-state index in [-0.39, 0.29) is 161 Å². The Balaban J connectivity index is 1.61. The van der Waals surface area contributed by atoms with E-state index in [1.165, 1.54) is 72.8 Å². The lowest BCUT2D eigenvalue weighted by atomic mass is 10.0. The summed E-state index contributed by atoms with van der Waals surface area (Å²) >= 11 is 0. The molecule has 3 rings (SSSR count). The first-order valence-corrected chi connectivity index (χ1v) is 32.4. The molecule has 3 aromatic rings. The summed E-state index contributed by atoms with van der Waals surface area (Å²) in [7, 11) is -11.8. The SMILES string of the molecule is NS(=O)(=O)c1ccc(C(=O)NCCCNC(=O)CCOCC(COCCC(=O)NCCCNC(=O)c2ccc(S(N)(=O)=O)cc2)(COCCC(=O)NCCCNC(=O)c2ccc(S(N)(=O)=O)cc2)NC(=O)CCCC(=O)NCCCCCCO)cc1. The predicted octanol–water partition coefficient (Wildman–Crippen LogP) is -1.35. The van der Waals surface area contributed by atoms with Crippen LogP contribution in [0.1, 0.15) is 115 Å². The molecule has 0 heterocycles. The Hall–Kier alpha value is -7.01. The molecule has 0 saturated heterocycles. The molecule has 32 heteroatoms. The number of nitrogens with one attached hydrogen (secondary N) is 8. The summed E-state index contributed by atoms with van der Waals surface area (Å²) in [5.74, 6) is -3.39. The minimum absolute atomic E-state index is 0.0385. The zero-order valence-corrected chi connectivity index (χ0v) is 50.3. The number of nitrogens with two attached hydrogens (primary N) is 3. The second kappa shape index (κ2) is 38.9. The van der Waals surface area contributed by atoms with Gasteiger partial charge in [0.05, 0.1) is 54.3 Å². The van der Waals surface area contributed by atoms with Crippen LogP contribution in [0.2, 0.25) is 0 Å². The average molecular weight is 1270 g/mol. The van der Waals surface area contributed by atoms with Crippen LogP contribution in [0.15, 0.2) is 87.5 Å². The number of amides is 8. The maximum absolute atomic E-state index is 13.7. The Bertz CT molecular complexity index is 2730. The Morgan fingerprint density at radius 3 is 0.953 bits per heavy atom. The summed E-state index contributed by atoms with van der Waals surface area (Å²) in [6, 6.07) is 15.1. The van der Waals surface area contributed by atoms with Crippen molar-refractivity contribution in [2.75, 3.05) is 92.1 Å². The van der Waals surface area contributed by atoms with Gasteiger partial charge in [-0.15, -0.1) is 0 Å². The number of sulfonamides is 3. The number of carbonyl (C=O) groups is 8. The molecule has 478 valence electrons. The van der Waals surface area contributed by atoms with E-state index in [9.17, 15) is 63.6 Å². The quantitative estimate of drug-likeness (QED) is 0.0291. The van der Waals surface area contributed by atoms with Gasteiger partial charge in [-0.3, -0.25) is 38.4 Å². The first-order valence-electron chi connectivity index (χ1n) is 27.8. The number of benzene rings is 3. The van der Waals surface area contributed by atoms with Crippen LogP contribution in [0.4, 0.5) is 0 Å². The highest BCUT2D eigenvalue weighted by Gasteiger charge is 2.34. The van der Waals surface area contributed by atoms with Crippen LogP contribution in [0.5, 0.6) is 0 Å². The predicted molar refractivity (Wildman–Crippen MR) is 313 cm³/mol. The molecular weight excluding hydrogens is 1190 g/mol. The minimum Gasteiger partial charge on any atom is -0.396 e. The van der Waals surface area contributed by atoms with Crippen molar-refractivity contribution in [3.8, 4) is 0 Å². The summed E-state index contributed by atoms with van der Waals surface area (Å²) in [4.78, 5) is 102. The van der Waals surface area contributed by atoms with Crippen molar-refractivity contribution in [1.29, 1.82) is 0 Å². The van der Waals surface area contributed by atoms with E-state index >= 15 is 0 Å². The molecule has 86 heavy (non-hydrogen) atoms. The van der Waals surface area contributed by atoms with E-state index in [1.54, 1.807) is 0 Å². The Morgan fingerprint density at radius 1 is 0.360 bits per heavy atom. The third-order valence-corrected chi connectivity index (χ3v) is 15.2. The summed E-state index contributed by atoms with van der Waals surface area (Å²) in [5.41, 5.74) is -0.875. The Labute approximate surface area is 501 Å². The van der Waals surface area contributed by atoms with Gasteiger partial charge < -0.3 is 61.9 Å². The number of carbonyl (C=O) groups excluding carboxylic acids is 8. The van der Waals surface area contributed by atoms with Gasteiger partial charge in [0.15, 0.2) is 0 Å². The zero-order chi connectivity index (χ0) is 63.4. The van der Waals surface area contributed by atoms with E-state index in [0.29, 0.717) is 32.2 Å². The van der Waals surface area contributed by atoms with Gasteiger partial charge in [0.25, 0.3) is 17.7 Å². The van der Waals surface area contributed by atoms with Crippen molar-refractivity contribution >= 4 is 77.3 Å². The molecule has 0 saturated carbocycles. The van der Waals surface area contributed by atoms with Crippen molar-refractivity contribution in [3.05, 3.63) is 89.5 Å². The molecule has 0 aromatic heterocycles. The molecule has 8 amide bonds. The molecule has 0 atom stereocenters. The molecule has 0 spiro atoms. The molecule has 3 aromatic carbocycles. The number of primary sulfonamides is 3. The van der Waals surface area contributed by atoms with Crippen LogP contribution >= 0.6 is 0 Å². The molecule has 0 unspecified atom stereocenters. The third kappa shape index (κ3) is 30.9. The number of hydrogen-bond acceptors (Lipinski definition) is 18. The van der Waals surface area contributed by atoms with Gasteiger partial charge in [0.1, 0.15) is 5.54 Å². The summed E-state index contributed by atoms with van der Waals surface area (Å²) in [6.45, 7) is 0.209. The normalized spacial score (nSPS) is 11.7. The largest absolute Gasteiger partial charge is 0.396 e. The van der Waals surface area contributed by atoms with E-state index in [1.807, 2.05) is 0 Å². The van der Waals surface area contributed by atoms with E-state index in [2.05, 4.69) is 42.5 Å². The topological polar surface area (TPSA) is 461 Å². The van der Waals surface area contributed by atoms with E-state index in [0.717, 1.165) is 19.3 Å². The van der Waals surface area contributed by atoms with Gasteiger partial charge >= 0.3 is 0 Å². The first kappa shape index (κ1) is 73.2. The van der Waals surface area contributed by atoms with Gasteiger partial charge in [-0.1, -0.05) is 12.8 Å². The molecule has 0 radical (unpaired) electrons. The van der Waals surface area contributed by atoms with Crippen molar-refractivity contribution < 1.29 is 82.9 Å². The number of hydrogen-bond donors (Lipinski definition) is 12. The number of unbranched alkanes of at least 4 members (excludes halogenated alkanes) is 3. The van der Waals surface area contributed by atoms with Gasteiger partial charge in [0.2, 0.25) is 59.6 Å². The molecular formula is C54H81N11O18S3. The summed E-state index contributed by atoms with van der Waals surface area (Å²) in [5, 5.41) is 46.3. The second-order valence-electron chi connectivity index (χ2n) is 19.7. The highest BCUT2D eigenvalue weighted by molar-refractivity contribution is 7.89. The monoisotopic (exact) mass is 1270 g/mol. The van der Waals surface area contributed by atoms with Crippen molar-refractivity contribution in [2.24, 2.45) is 15.4 Å². The number of aliphatic hydroxyl groups is 1. The van der Waals surface area contributed by atoms with Gasteiger partial charge in [-0.25, -0.2) is 40.7 Å². The fraction of sp³-hybridized carbons (Fsp3) is 0.519. The molecule has 0 fully saturated rings. The van der Waals surface area contributed by atoms with Crippen LogP contribution in [-0.2, 0) is 68.3 Å². The molecule has 0 aliphatic rings. The lowest BCUT2D eigenvalue weighted by molar-refractivity contribution is -0.131. The Kier molecular flexibility index (Phi) is 33.1. The molecule has 15 N–H and O–H groups in total. The van der Waals surface area contributed by atoms with Crippen molar-refractivity contribution in [1.82, 2.24) is 42.5 Å². The Morgan fingerprint density at radius 2 is 0.640 bits per heavy atom. The fourth-order valence-corrected chi connectivity index (χ4v) is 9.26. The highest BCUT2D eigenvalue weighted by Crippen LogP contribution is 2.14. The van der Waals surface area contributed by atoms with E-state index in [4.69, 9.17) is 34.7 Å². The average Bonchev–Trinajstić information content (AvgIpc) is 3.68. The highest BCUT2D eigenvalue weighted by atomic mass is 32.2. The van der Waals surface area contributed by atoms with E-state index < -0.39 is 77.0 Å². The molecule has 0 bridgehead atoms.